The fraction of sp³-hybridized carbons (Fsp3) is 0.300. The zero-order valence-electron chi connectivity index (χ0n) is 15.0. The molecule has 27 heavy (non-hydrogen) atoms. The number of nitrogens with one attached hydrogen (secondary N) is 2. The number of hydrogen-bond acceptors (Lipinski definition) is 4. The molecule has 0 saturated carbocycles. The maximum Gasteiger partial charge on any atom is 0.313 e. The minimum Gasteiger partial charge on any atom is -0.367 e. The van der Waals surface area contributed by atoms with E-state index in [1.54, 1.807) is 36.4 Å². The Bertz CT molecular complexity index is 777. The van der Waals surface area contributed by atoms with E-state index in [-0.39, 0.29) is 5.82 Å². The smallest absolute Gasteiger partial charge is 0.313 e. The van der Waals surface area contributed by atoms with Crippen LogP contribution in [0.5, 0.6) is 0 Å². The van der Waals surface area contributed by atoms with Crippen LogP contribution < -0.4 is 15.5 Å². The van der Waals surface area contributed by atoms with Crippen LogP contribution in [-0.4, -0.2) is 56.0 Å². The van der Waals surface area contributed by atoms with Gasteiger partial charge < -0.3 is 15.5 Å². The van der Waals surface area contributed by atoms with Gasteiger partial charge in [0.15, 0.2) is 0 Å². The summed E-state index contributed by atoms with van der Waals surface area (Å²) in [5.74, 6) is -1.53. The van der Waals surface area contributed by atoms with Crippen LogP contribution in [0.25, 0.3) is 0 Å². The number of anilines is 2. The number of piperazine rings is 1. The standard InChI is InChI=1S/C20H23FN4O2/c21-17-8-4-5-9-18(17)25-14-12-24(13-15-25)11-10-22-19(26)20(27)23-16-6-2-1-3-7-16/h1-9H,10-15H2,(H,22,26)(H,23,27). The topological polar surface area (TPSA) is 64.7 Å². The Labute approximate surface area is 158 Å². The Kier molecular flexibility index (Phi) is 6.38. The maximum absolute atomic E-state index is 13.9. The molecule has 0 atom stereocenters. The van der Waals surface area contributed by atoms with Crippen molar-refractivity contribution in [1.82, 2.24) is 10.2 Å². The zero-order valence-corrected chi connectivity index (χ0v) is 15.0. The highest BCUT2D eigenvalue weighted by Gasteiger charge is 2.19. The summed E-state index contributed by atoms with van der Waals surface area (Å²) in [7, 11) is 0. The number of carbonyl (C=O) groups excluding carboxylic acids is 2. The monoisotopic (exact) mass is 370 g/mol. The van der Waals surface area contributed by atoms with Crippen molar-refractivity contribution >= 4 is 23.2 Å². The summed E-state index contributed by atoms with van der Waals surface area (Å²) in [5, 5.41) is 5.19. The summed E-state index contributed by atoms with van der Waals surface area (Å²) in [6.45, 7) is 4.05. The average molecular weight is 370 g/mol. The van der Waals surface area contributed by atoms with Crippen molar-refractivity contribution in [3.8, 4) is 0 Å². The molecule has 1 saturated heterocycles. The average Bonchev–Trinajstić information content (AvgIpc) is 2.70. The number of hydrogen-bond donors (Lipinski definition) is 2. The van der Waals surface area contributed by atoms with Crippen LogP contribution in [0.2, 0.25) is 0 Å². The fourth-order valence-corrected chi connectivity index (χ4v) is 3.04. The molecule has 7 heteroatoms. The largest absolute Gasteiger partial charge is 0.367 e. The maximum atomic E-state index is 13.9. The van der Waals surface area contributed by atoms with E-state index in [1.165, 1.54) is 6.07 Å². The third-order valence-corrected chi connectivity index (χ3v) is 4.52. The van der Waals surface area contributed by atoms with Crippen LogP contribution >= 0.6 is 0 Å². The first-order chi connectivity index (χ1) is 13.1. The molecule has 142 valence electrons. The molecule has 2 aromatic rings. The molecule has 1 fully saturated rings. The molecule has 0 unspecified atom stereocenters. The summed E-state index contributed by atoms with van der Waals surface area (Å²) in [4.78, 5) is 27.9. The van der Waals surface area contributed by atoms with Gasteiger partial charge in [0.2, 0.25) is 0 Å². The normalized spacial score (nSPS) is 14.6. The molecule has 1 aliphatic heterocycles. The van der Waals surface area contributed by atoms with Gasteiger partial charge >= 0.3 is 11.8 Å². The molecule has 0 spiro atoms. The zero-order chi connectivity index (χ0) is 19.1. The summed E-state index contributed by atoms with van der Waals surface area (Å²) < 4.78 is 13.9. The number of halogens is 1. The molecule has 6 nitrogen and oxygen atoms in total. The first-order valence-corrected chi connectivity index (χ1v) is 8.99. The molecule has 0 radical (unpaired) electrons. The molecule has 2 N–H and O–H groups in total. The van der Waals surface area contributed by atoms with E-state index >= 15 is 0 Å². The highest BCUT2D eigenvalue weighted by molar-refractivity contribution is 6.39. The van der Waals surface area contributed by atoms with Crippen molar-refractivity contribution in [2.75, 3.05) is 49.5 Å². The molecular formula is C20H23FN4O2. The number of amides is 2. The first-order valence-electron chi connectivity index (χ1n) is 8.99. The van der Waals surface area contributed by atoms with E-state index < -0.39 is 11.8 Å². The molecule has 2 amide bonds. The third kappa shape index (κ3) is 5.27. The SMILES string of the molecule is O=C(NCCN1CCN(c2ccccc2F)CC1)C(=O)Nc1ccccc1. The fourth-order valence-electron chi connectivity index (χ4n) is 3.04. The van der Waals surface area contributed by atoms with Crippen molar-refractivity contribution < 1.29 is 14.0 Å². The molecule has 1 aliphatic rings. The summed E-state index contributed by atoms with van der Waals surface area (Å²) >= 11 is 0. The van der Waals surface area contributed by atoms with Crippen LogP contribution in [-0.2, 0) is 9.59 Å². The van der Waals surface area contributed by atoms with Crippen molar-refractivity contribution in [2.24, 2.45) is 0 Å². The van der Waals surface area contributed by atoms with Gasteiger partial charge in [-0.15, -0.1) is 0 Å². The predicted molar refractivity (Wildman–Crippen MR) is 103 cm³/mol. The van der Waals surface area contributed by atoms with Gasteiger partial charge in [0.1, 0.15) is 5.82 Å². The van der Waals surface area contributed by atoms with Gasteiger partial charge in [-0.2, -0.15) is 0 Å². The summed E-state index contributed by atoms with van der Waals surface area (Å²) in [6.07, 6.45) is 0. The van der Waals surface area contributed by atoms with E-state index in [2.05, 4.69) is 15.5 Å². The van der Waals surface area contributed by atoms with E-state index in [0.29, 0.717) is 24.5 Å². The van der Waals surface area contributed by atoms with Crippen LogP contribution in [0.3, 0.4) is 0 Å². The Morgan fingerprint density at radius 1 is 0.889 bits per heavy atom. The van der Waals surface area contributed by atoms with Crippen LogP contribution in [0, 0.1) is 5.82 Å². The molecular weight excluding hydrogens is 347 g/mol. The van der Waals surface area contributed by atoms with Crippen molar-refractivity contribution in [1.29, 1.82) is 0 Å². The molecule has 2 aromatic carbocycles. The lowest BCUT2D eigenvalue weighted by molar-refractivity contribution is -0.136. The van der Waals surface area contributed by atoms with Gasteiger partial charge in [-0.1, -0.05) is 30.3 Å². The van der Waals surface area contributed by atoms with Crippen LogP contribution in [0.1, 0.15) is 0 Å². The summed E-state index contributed by atoms with van der Waals surface area (Å²) in [5.41, 5.74) is 1.21. The van der Waals surface area contributed by atoms with Gasteiger partial charge in [0.25, 0.3) is 0 Å². The van der Waals surface area contributed by atoms with Gasteiger partial charge in [-0.25, -0.2) is 4.39 Å². The number of para-hydroxylation sites is 2. The quantitative estimate of drug-likeness (QED) is 0.787. The third-order valence-electron chi connectivity index (χ3n) is 4.52. The highest BCUT2D eigenvalue weighted by atomic mass is 19.1. The van der Waals surface area contributed by atoms with Crippen LogP contribution in [0.15, 0.2) is 54.6 Å². The van der Waals surface area contributed by atoms with Crippen molar-refractivity contribution in [3.63, 3.8) is 0 Å². The lowest BCUT2D eigenvalue weighted by Crippen LogP contribution is -2.49. The van der Waals surface area contributed by atoms with Gasteiger partial charge in [0.05, 0.1) is 5.69 Å². The summed E-state index contributed by atoms with van der Waals surface area (Å²) in [6, 6.07) is 15.6. The molecule has 0 aromatic heterocycles. The Balaban J connectivity index is 1.37. The second-order valence-corrected chi connectivity index (χ2v) is 6.36. The molecule has 0 aliphatic carbocycles. The molecule has 1 heterocycles. The minimum atomic E-state index is -0.675. The second-order valence-electron chi connectivity index (χ2n) is 6.36. The van der Waals surface area contributed by atoms with Crippen molar-refractivity contribution in [3.05, 3.63) is 60.4 Å². The first kappa shape index (κ1) is 18.8. The van der Waals surface area contributed by atoms with E-state index in [0.717, 1.165) is 26.2 Å². The van der Waals surface area contributed by atoms with E-state index in [4.69, 9.17) is 0 Å². The number of rotatable bonds is 5. The molecule has 3 rings (SSSR count). The van der Waals surface area contributed by atoms with Gasteiger partial charge in [-0.3, -0.25) is 14.5 Å². The lowest BCUT2D eigenvalue weighted by atomic mass is 10.2. The minimum absolute atomic E-state index is 0.206. The lowest BCUT2D eigenvalue weighted by Gasteiger charge is -2.36. The van der Waals surface area contributed by atoms with Gasteiger partial charge in [-0.05, 0) is 24.3 Å². The molecule has 0 bridgehead atoms. The number of benzene rings is 2. The second kappa shape index (κ2) is 9.14. The van der Waals surface area contributed by atoms with Crippen molar-refractivity contribution in [2.45, 2.75) is 0 Å². The Hall–Kier alpha value is -2.93. The predicted octanol–water partition coefficient (Wildman–Crippen LogP) is 1.70. The highest BCUT2D eigenvalue weighted by Crippen LogP contribution is 2.19. The Morgan fingerprint density at radius 2 is 1.56 bits per heavy atom. The number of carbonyl (C=O) groups is 2. The van der Waals surface area contributed by atoms with Crippen LogP contribution in [0.4, 0.5) is 15.8 Å². The van der Waals surface area contributed by atoms with Gasteiger partial charge in [0, 0.05) is 45.0 Å². The Morgan fingerprint density at radius 3 is 2.26 bits per heavy atom. The van der Waals surface area contributed by atoms with E-state index in [1.807, 2.05) is 17.0 Å². The van der Waals surface area contributed by atoms with E-state index in [9.17, 15) is 14.0 Å². The number of nitrogens with zero attached hydrogens (tertiary/aromatic N) is 2.